The molecule has 0 radical (unpaired) electrons. The number of rotatable bonds is 5. The molecule has 5 heteroatoms. The van der Waals surface area contributed by atoms with Gasteiger partial charge in [0.25, 0.3) is 0 Å². The smallest absolute Gasteiger partial charge is 0.224 e. The second-order valence-electron chi connectivity index (χ2n) is 4.46. The quantitative estimate of drug-likeness (QED) is 0.689. The number of nitrogens with zero attached hydrogens (tertiary/aromatic N) is 1. The number of hydrogen-bond donors (Lipinski definition) is 2. The minimum absolute atomic E-state index is 0.00507. The Hall–Kier alpha value is -1.10. The Morgan fingerprint density at radius 2 is 2.06 bits per heavy atom. The van der Waals surface area contributed by atoms with Gasteiger partial charge in [0.05, 0.1) is 18.7 Å². The van der Waals surface area contributed by atoms with Crippen LogP contribution in [0.5, 0.6) is 0 Å². The van der Waals surface area contributed by atoms with Crippen LogP contribution in [0.15, 0.2) is 0 Å². The van der Waals surface area contributed by atoms with Crippen molar-refractivity contribution in [1.29, 1.82) is 0 Å². The number of amides is 2. The molecule has 0 saturated carbocycles. The summed E-state index contributed by atoms with van der Waals surface area (Å²) < 4.78 is 0. The highest BCUT2D eigenvalue weighted by Crippen LogP contribution is 2.25. The lowest BCUT2D eigenvalue weighted by molar-refractivity contribution is -0.156. The van der Waals surface area contributed by atoms with E-state index in [1.54, 1.807) is 4.90 Å². The molecule has 1 heterocycles. The zero-order valence-corrected chi connectivity index (χ0v) is 9.95. The number of nitrogens with one attached hydrogen (secondary N) is 1. The Balaban J connectivity index is 2.19. The predicted molar refractivity (Wildman–Crippen MR) is 59.7 cm³/mol. The zero-order valence-electron chi connectivity index (χ0n) is 9.95. The van der Waals surface area contributed by atoms with Crippen LogP contribution in [-0.2, 0) is 9.59 Å². The molecule has 0 aliphatic carbocycles. The molecule has 5 nitrogen and oxygen atoms in total. The Labute approximate surface area is 95.8 Å². The Kier molecular flexibility index (Phi) is 4.29. The van der Waals surface area contributed by atoms with Crippen molar-refractivity contribution >= 4 is 11.8 Å². The molecule has 1 aliphatic rings. The highest BCUT2D eigenvalue weighted by molar-refractivity contribution is 5.79. The van der Waals surface area contributed by atoms with Crippen molar-refractivity contribution in [2.75, 3.05) is 19.6 Å². The van der Waals surface area contributed by atoms with E-state index in [-0.39, 0.29) is 11.8 Å². The third-order valence-electron chi connectivity index (χ3n) is 2.75. The average Bonchev–Trinajstić information content (AvgIpc) is 2.13. The lowest BCUT2D eigenvalue weighted by atomic mass is 9.89. The third-order valence-corrected chi connectivity index (χ3v) is 2.75. The minimum atomic E-state index is -0.668. The topological polar surface area (TPSA) is 69.6 Å². The van der Waals surface area contributed by atoms with Crippen molar-refractivity contribution < 1.29 is 14.7 Å². The summed E-state index contributed by atoms with van der Waals surface area (Å²) in [6.45, 7) is 4.67. The van der Waals surface area contributed by atoms with Gasteiger partial charge in [-0.15, -0.1) is 0 Å². The fourth-order valence-electron chi connectivity index (χ4n) is 1.97. The molecule has 0 spiro atoms. The van der Waals surface area contributed by atoms with Crippen LogP contribution in [-0.4, -0.2) is 47.1 Å². The summed E-state index contributed by atoms with van der Waals surface area (Å²) in [5.41, 5.74) is -0.668. The molecule has 1 saturated heterocycles. The molecule has 2 amide bonds. The SMILES string of the molecule is CCCC1(O)CN(C(=O)CCNC(C)=O)C1. The van der Waals surface area contributed by atoms with E-state index in [2.05, 4.69) is 5.32 Å². The summed E-state index contributed by atoms with van der Waals surface area (Å²) in [6.07, 6.45) is 1.97. The Morgan fingerprint density at radius 1 is 1.44 bits per heavy atom. The maximum Gasteiger partial charge on any atom is 0.224 e. The molecule has 0 unspecified atom stereocenters. The van der Waals surface area contributed by atoms with Crippen LogP contribution in [0.4, 0.5) is 0 Å². The second-order valence-corrected chi connectivity index (χ2v) is 4.46. The van der Waals surface area contributed by atoms with E-state index in [4.69, 9.17) is 0 Å². The highest BCUT2D eigenvalue weighted by atomic mass is 16.3. The van der Waals surface area contributed by atoms with Gasteiger partial charge in [-0.1, -0.05) is 13.3 Å². The van der Waals surface area contributed by atoms with Crippen molar-refractivity contribution in [2.45, 2.75) is 38.7 Å². The zero-order chi connectivity index (χ0) is 12.2. The summed E-state index contributed by atoms with van der Waals surface area (Å²) in [6, 6.07) is 0. The fraction of sp³-hybridized carbons (Fsp3) is 0.818. The van der Waals surface area contributed by atoms with Gasteiger partial charge in [-0.3, -0.25) is 9.59 Å². The van der Waals surface area contributed by atoms with Crippen LogP contribution in [0, 0.1) is 0 Å². The number of carbonyl (C=O) groups is 2. The summed E-state index contributed by atoms with van der Waals surface area (Å²) in [5, 5.41) is 12.5. The largest absolute Gasteiger partial charge is 0.386 e. The van der Waals surface area contributed by atoms with Crippen LogP contribution in [0.3, 0.4) is 0 Å². The van der Waals surface area contributed by atoms with Gasteiger partial charge in [-0.05, 0) is 6.42 Å². The molecule has 2 N–H and O–H groups in total. The summed E-state index contributed by atoms with van der Waals surface area (Å²) in [7, 11) is 0. The molecule has 16 heavy (non-hydrogen) atoms. The summed E-state index contributed by atoms with van der Waals surface area (Å²) >= 11 is 0. The van der Waals surface area contributed by atoms with E-state index in [0.29, 0.717) is 26.1 Å². The predicted octanol–water partition coefficient (Wildman–Crippen LogP) is -0.114. The monoisotopic (exact) mass is 228 g/mol. The molecular formula is C11H20N2O3. The van der Waals surface area contributed by atoms with Crippen molar-refractivity contribution in [3.8, 4) is 0 Å². The Bertz CT molecular complexity index is 272. The van der Waals surface area contributed by atoms with Gasteiger partial charge in [0, 0.05) is 19.9 Å². The maximum atomic E-state index is 11.6. The van der Waals surface area contributed by atoms with Crippen LogP contribution in [0.25, 0.3) is 0 Å². The van der Waals surface area contributed by atoms with E-state index < -0.39 is 5.60 Å². The summed E-state index contributed by atoms with van der Waals surface area (Å²) in [4.78, 5) is 23.8. The molecule has 0 bridgehead atoms. The molecule has 1 rings (SSSR count). The first-order valence-electron chi connectivity index (χ1n) is 5.71. The number of likely N-dealkylation sites (tertiary alicyclic amines) is 1. The first-order chi connectivity index (χ1) is 7.47. The van der Waals surface area contributed by atoms with E-state index in [9.17, 15) is 14.7 Å². The van der Waals surface area contributed by atoms with Gasteiger partial charge in [-0.25, -0.2) is 0 Å². The molecular weight excluding hydrogens is 208 g/mol. The third kappa shape index (κ3) is 3.48. The van der Waals surface area contributed by atoms with Crippen molar-refractivity contribution in [3.63, 3.8) is 0 Å². The van der Waals surface area contributed by atoms with Gasteiger partial charge in [0.1, 0.15) is 0 Å². The van der Waals surface area contributed by atoms with Gasteiger partial charge in [-0.2, -0.15) is 0 Å². The maximum absolute atomic E-state index is 11.6. The van der Waals surface area contributed by atoms with Crippen LogP contribution in [0.1, 0.15) is 33.1 Å². The first-order valence-corrected chi connectivity index (χ1v) is 5.71. The molecule has 1 fully saturated rings. The molecule has 0 atom stereocenters. The average molecular weight is 228 g/mol. The van der Waals surface area contributed by atoms with Crippen molar-refractivity contribution in [1.82, 2.24) is 10.2 Å². The van der Waals surface area contributed by atoms with Gasteiger partial charge >= 0.3 is 0 Å². The second kappa shape index (κ2) is 5.30. The molecule has 0 aromatic carbocycles. The highest BCUT2D eigenvalue weighted by Gasteiger charge is 2.42. The standard InChI is InChI=1S/C11H20N2O3/c1-3-5-11(16)7-13(8-11)10(15)4-6-12-9(2)14/h16H,3-8H2,1-2H3,(H,12,14). The number of aliphatic hydroxyl groups is 1. The lowest BCUT2D eigenvalue weighted by Crippen LogP contribution is -2.63. The van der Waals surface area contributed by atoms with E-state index in [1.165, 1.54) is 6.92 Å². The minimum Gasteiger partial charge on any atom is -0.386 e. The van der Waals surface area contributed by atoms with E-state index >= 15 is 0 Å². The number of β-amino-alcohol motifs (C(OH)–C–C–N with tert-alkyl or cyclic N) is 1. The van der Waals surface area contributed by atoms with Crippen molar-refractivity contribution in [2.24, 2.45) is 0 Å². The van der Waals surface area contributed by atoms with E-state index in [0.717, 1.165) is 12.8 Å². The van der Waals surface area contributed by atoms with Gasteiger partial charge < -0.3 is 15.3 Å². The lowest BCUT2D eigenvalue weighted by Gasteiger charge is -2.46. The summed E-state index contributed by atoms with van der Waals surface area (Å²) in [5.74, 6) is -0.131. The van der Waals surface area contributed by atoms with Crippen LogP contribution < -0.4 is 5.32 Å². The first kappa shape index (κ1) is 13.0. The molecule has 92 valence electrons. The van der Waals surface area contributed by atoms with Crippen molar-refractivity contribution in [3.05, 3.63) is 0 Å². The van der Waals surface area contributed by atoms with Gasteiger partial charge in [0.2, 0.25) is 11.8 Å². The number of carbonyl (C=O) groups excluding carboxylic acids is 2. The van der Waals surface area contributed by atoms with Crippen LogP contribution >= 0.6 is 0 Å². The number of hydrogen-bond acceptors (Lipinski definition) is 3. The van der Waals surface area contributed by atoms with Gasteiger partial charge in [0.15, 0.2) is 0 Å². The van der Waals surface area contributed by atoms with Crippen LogP contribution in [0.2, 0.25) is 0 Å². The Morgan fingerprint density at radius 3 is 2.56 bits per heavy atom. The molecule has 0 aromatic heterocycles. The molecule has 1 aliphatic heterocycles. The van der Waals surface area contributed by atoms with E-state index in [1.807, 2.05) is 6.92 Å². The molecule has 0 aromatic rings. The fourth-order valence-corrected chi connectivity index (χ4v) is 1.97. The normalized spacial score (nSPS) is 17.8.